The Morgan fingerprint density at radius 1 is 1.13 bits per heavy atom. The first-order valence-electron chi connectivity index (χ1n) is 4.66. The van der Waals surface area contributed by atoms with Crippen molar-refractivity contribution < 1.29 is 4.74 Å². The maximum atomic E-state index is 5.63. The molecule has 0 spiro atoms. The monoisotopic (exact) mass is 200 g/mol. The summed E-state index contributed by atoms with van der Waals surface area (Å²) >= 11 is 0. The minimum Gasteiger partial charge on any atom is -0.481 e. The van der Waals surface area contributed by atoms with Crippen LogP contribution < -0.4 is 10.5 Å². The summed E-state index contributed by atoms with van der Waals surface area (Å²) in [5.74, 6) is 0.627. The van der Waals surface area contributed by atoms with E-state index in [1.54, 1.807) is 13.3 Å². The van der Waals surface area contributed by atoms with Gasteiger partial charge in [-0.2, -0.15) is 0 Å². The molecule has 0 aliphatic rings. The first kappa shape index (κ1) is 9.52. The Morgan fingerprint density at radius 3 is 2.53 bits per heavy atom. The van der Waals surface area contributed by atoms with E-state index >= 15 is 0 Å². The fraction of sp³-hybridized carbons (Fsp3) is 0.0833. The van der Waals surface area contributed by atoms with E-state index in [1.807, 2.05) is 36.4 Å². The van der Waals surface area contributed by atoms with Gasteiger partial charge in [-0.3, -0.25) is 0 Å². The lowest BCUT2D eigenvalue weighted by atomic mass is 10.1. The minimum absolute atomic E-state index is 0.627. The van der Waals surface area contributed by atoms with Crippen molar-refractivity contribution in [3.63, 3.8) is 0 Å². The number of nitrogens with two attached hydrogens (primary N) is 1. The molecule has 1 aromatic carbocycles. The van der Waals surface area contributed by atoms with Gasteiger partial charge in [0.25, 0.3) is 0 Å². The van der Waals surface area contributed by atoms with Gasteiger partial charge in [-0.05, 0) is 29.8 Å². The molecule has 76 valence electrons. The van der Waals surface area contributed by atoms with Gasteiger partial charge in [0.1, 0.15) is 0 Å². The van der Waals surface area contributed by atoms with Gasteiger partial charge in [0.2, 0.25) is 5.88 Å². The zero-order valence-electron chi connectivity index (χ0n) is 8.47. The van der Waals surface area contributed by atoms with Crippen LogP contribution in [0.5, 0.6) is 5.88 Å². The predicted octanol–water partition coefficient (Wildman–Crippen LogP) is 2.34. The number of benzene rings is 1. The standard InChI is InChI=1S/C12H12N2O/c1-15-12-11(3-2-8-14-12)9-4-6-10(13)7-5-9/h2-8H,13H2,1H3. The molecule has 2 aromatic rings. The van der Waals surface area contributed by atoms with Crippen LogP contribution in [-0.2, 0) is 0 Å². The van der Waals surface area contributed by atoms with Crippen molar-refractivity contribution in [1.29, 1.82) is 0 Å². The fourth-order valence-corrected chi connectivity index (χ4v) is 1.44. The van der Waals surface area contributed by atoms with Crippen LogP contribution in [0, 0.1) is 0 Å². The molecule has 1 aromatic heterocycles. The zero-order valence-corrected chi connectivity index (χ0v) is 8.47. The van der Waals surface area contributed by atoms with E-state index in [9.17, 15) is 0 Å². The summed E-state index contributed by atoms with van der Waals surface area (Å²) in [5, 5.41) is 0. The molecule has 0 aliphatic heterocycles. The molecule has 0 unspecified atom stereocenters. The summed E-state index contributed by atoms with van der Waals surface area (Å²) in [6.45, 7) is 0. The number of pyridine rings is 1. The lowest BCUT2D eigenvalue weighted by molar-refractivity contribution is 0.399. The van der Waals surface area contributed by atoms with Crippen LogP contribution in [0.3, 0.4) is 0 Å². The predicted molar refractivity (Wildman–Crippen MR) is 60.6 cm³/mol. The average Bonchev–Trinajstić information content (AvgIpc) is 2.30. The van der Waals surface area contributed by atoms with Gasteiger partial charge < -0.3 is 10.5 Å². The number of methoxy groups -OCH3 is 1. The van der Waals surface area contributed by atoms with Gasteiger partial charge >= 0.3 is 0 Å². The second kappa shape index (κ2) is 4.00. The van der Waals surface area contributed by atoms with Crippen molar-refractivity contribution in [2.75, 3.05) is 12.8 Å². The molecule has 1 heterocycles. The molecule has 3 nitrogen and oxygen atoms in total. The number of anilines is 1. The highest BCUT2D eigenvalue weighted by Crippen LogP contribution is 2.27. The lowest BCUT2D eigenvalue weighted by Gasteiger charge is -2.06. The second-order valence-corrected chi connectivity index (χ2v) is 3.18. The minimum atomic E-state index is 0.627. The van der Waals surface area contributed by atoms with Crippen LogP contribution in [-0.4, -0.2) is 12.1 Å². The third-order valence-electron chi connectivity index (χ3n) is 2.19. The van der Waals surface area contributed by atoms with Gasteiger partial charge in [0.05, 0.1) is 7.11 Å². The van der Waals surface area contributed by atoms with Crippen molar-refractivity contribution >= 4 is 5.69 Å². The van der Waals surface area contributed by atoms with Crippen molar-refractivity contribution in [3.8, 4) is 17.0 Å². The third kappa shape index (κ3) is 1.91. The van der Waals surface area contributed by atoms with Crippen molar-refractivity contribution in [3.05, 3.63) is 42.6 Å². The molecule has 0 bridgehead atoms. The van der Waals surface area contributed by atoms with E-state index in [-0.39, 0.29) is 0 Å². The largest absolute Gasteiger partial charge is 0.481 e. The highest BCUT2D eigenvalue weighted by atomic mass is 16.5. The van der Waals surface area contributed by atoms with Crippen LogP contribution in [0.15, 0.2) is 42.6 Å². The smallest absolute Gasteiger partial charge is 0.221 e. The summed E-state index contributed by atoms with van der Waals surface area (Å²) in [6, 6.07) is 11.5. The zero-order chi connectivity index (χ0) is 10.7. The summed E-state index contributed by atoms with van der Waals surface area (Å²) in [5.41, 5.74) is 8.40. The van der Waals surface area contributed by atoms with Gasteiger partial charge in [-0.1, -0.05) is 12.1 Å². The van der Waals surface area contributed by atoms with Crippen LogP contribution in [0.2, 0.25) is 0 Å². The number of nitrogens with zero attached hydrogens (tertiary/aromatic N) is 1. The van der Waals surface area contributed by atoms with Gasteiger partial charge in [-0.25, -0.2) is 4.98 Å². The molecule has 0 atom stereocenters. The maximum absolute atomic E-state index is 5.63. The molecule has 0 radical (unpaired) electrons. The number of aromatic nitrogens is 1. The number of nitrogen functional groups attached to an aromatic ring is 1. The summed E-state index contributed by atoms with van der Waals surface area (Å²) in [6.07, 6.45) is 1.71. The molecular weight excluding hydrogens is 188 g/mol. The van der Waals surface area contributed by atoms with E-state index in [0.29, 0.717) is 5.88 Å². The third-order valence-corrected chi connectivity index (χ3v) is 2.19. The summed E-state index contributed by atoms with van der Waals surface area (Å²) in [4.78, 5) is 4.14. The Bertz CT molecular complexity index is 451. The van der Waals surface area contributed by atoms with E-state index in [1.165, 1.54) is 0 Å². The number of hydrogen-bond acceptors (Lipinski definition) is 3. The van der Waals surface area contributed by atoms with Crippen LogP contribution >= 0.6 is 0 Å². The number of ether oxygens (including phenoxy) is 1. The van der Waals surface area contributed by atoms with Crippen molar-refractivity contribution in [2.24, 2.45) is 0 Å². The molecular formula is C12H12N2O. The average molecular weight is 200 g/mol. The fourth-order valence-electron chi connectivity index (χ4n) is 1.44. The molecule has 0 saturated carbocycles. The number of hydrogen-bond donors (Lipinski definition) is 1. The first-order chi connectivity index (χ1) is 7.31. The molecule has 0 aliphatic carbocycles. The quantitative estimate of drug-likeness (QED) is 0.757. The Morgan fingerprint density at radius 2 is 1.87 bits per heavy atom. The Hall–Kier alpha value is -2.03. The molecule has 2 N–H and O–H groups in total. The number of rotatable bonds is 2. The molecule has 0 fully saturated rings. The Labute approximate surface area is 88.5 Å². The normalized spacial score (nSPS) is 9.93. The van der Waals surface area contributed by atoms with Crippen LogP contribution in [0.4, 0.5) is 5.69 Å². The highest BCUT2D eigenvalue weighted by Gasteiger charge is 2.04. The first-order valence-corrected chi connectivity index (χ1v) is 4.66. The van der Waals surface area contributed by atoms with Gasteiger partial charge in [0.15, 0.2) is 0 Å². The van der Waals surface area contributed by atoms with Gasteiger partial charge in [-0.15, -0.1) is 0 Å². The Kier molecular flexibility index (Phi) is 2.54. The van der Waals surface area contributed by atoms with E-state index in [2.05, 4.69) is 4.98 Å². The maximum Gasteiger partial charge on any atom is 0.221 e. The summed E-state index contributed by atoms with van der Waals surface area (Å²) in [7, 11) is 1.61. The van der Waals surface area contributed by atoms with Gasteiger partial charge in [0, 0.05) is 17.4 Å². The van der Waals surface area contributed by atoms with E-state index < -0.39 is 0 Å². The molecule has 0 amide bonds. The topological polar surface area (TPSA) is 48.1 Å². The van der Waals surface area contributed by atoms with Crippen LogP contribution in [0.25, 0.3) is 11.1 Å². The highest BCUT2D eigenvalue weighted by molar-refractivity contribution is 5.69. The molecule has 0 saturated heterocycles. The Balaban J connectivity index is 2.49. The van der Waals surface area contributed by atoms with Crippen LogP contribution in [0.1, 0.15) is 0 Å². The molecule has 2 rings (SSSR count). The van der Waals surface area contributed by atoms with E-state index in [0.717, 1.165) is 16.8 Å². The lowest BCUT2D eigenvalue weighted by Crippen LogP contribution is -1.91. The van der Waals surface area contributed by atoms with Crippen molar-refractivity contribution in [2.45, 2.75) is 0 Å². The molecule has 3 heteroatoms. The van der Waals surface area contributed by atoms with Crippen molar-refractivity contribution in [1.82, 2.24) is 4.98 Å². The summed E-state index contributed by atoms with van der Waals surface area (Å²) < 4.78 is 5.19. The SMILES string of the molecule is COc1ncccc1-c1ccc(N)cc1. The second-order valence-electron chi connectivity index (χ2n) is 3.18. The molecule has 15 heavy (non-hydrogen) atoms. The van der Waals surface area contributed by atoms with E-state index in [4.69, 9.17) is 10.5 Å².